The summed E-state index contributed by atoms with van der Waals surface area (Å²) in [6.07, 6.45) is 3.90. The van der Waals surface area contributed by atoms with E-state index in [1.54, 1.807) is 0 Å². The van der Waals surface area contributed by atoms with Crippen LogP contribution in [0.25, 0.3) is 0 Å². The van der Waals surface area contributed by atoms with Gasteiger partial charge >= 0.3 is 0 Å². The van der Waals surface area contributed by atoms with Gasteiger partial charge in [0, 0.05) is 6.04 Å². The van der Waals surface area contributed by atoms with E-state index >= 15 is 0 Å². The number of anilines is 1. The van der Waals surface area contributed by atoms with Crippen molar-refractivity contribution in [1.82, 2.24) is 10.2 Å². The molecule has 18 heavy (non-hydrogen) atoms. The topological polar surface area (TPSA) is 63.8 Å². The number of hydrogen-bond donors (Lipinski definition) is 2. The molecule has 1 aliphatic rings. The van der Waals surface area contributed by atoms with Crippen LogP contribution < -0.4 is 11.1 Å². The molecule has 0 saturated heterocycles. The molecule has 1 atom stereocenters. The van der Waals surface area contributed by atoms with Gasteiger partial charge in [-0.1, -0.05) is 18.6 Å². The maximum atomic E-state index is 5.81. The molecule has 1 saturated carbocycles. The summed E-state index contributed by atoms with van der Waals surface area (Å²) >= 11 is 5.13. The molecule has 1 aliphatic carbocycles. The van der Waals surface area contributed by atoms with Crippen molar-refractivity contribution < 1.29 is 0 Å². The lowest BCUT2D eigenvalue weighted by Gasteiger charge is -2.32. The predicted octanol–water partition coefficient (Wildman–Crippen LogP) is 2.33. The Morgan fingerprint density at radius 3 is 2.56 bits per heavy atom. The summed E-state index contributed by atoms with van der Waals surface area (Å²) in [5.74, 6) is 1.46. The van der Waals surface area contributed by atoms with Crippen LogP contribution in [0.4, 0.5) is 5.82 Å². The number of aryl methyl sites for hydroxylation is 1. The van der Waals surface area contributed by atoms with Gasteiger partial charge in [0.1, 0.15) is 4.99 Å². The number of aromatic nitrogens is 2. The van der Waals surface area contributed by atoms with Gasteiger partial charge in [-0.25, -0.2) is 0 Å². The summed E-state index contributed by atoms with van der Waals surface area (Å²) in [7, 11) is 0. The zero-order valence-corrected chi connectivity index (χ0v) is 12.0. The van der Waals surface area contributed by atoms with Crippen molar-refractivity contribution in [3.8, 4) is 0 Å². The Morgan fingerprint density at radius 2 is 2.06 bits per heavy atom. The second-order valence-corrected chi connectivity index (χ2v) is 5.56. The molecular formula is C13H20N4S. The molecule has 1 unspecified atom stereocenters. The SMILES string of the molecule is Cc1nnc(NC(C)C2CCC2)c(C(N)=S)c1C. The highest BCUT2D eigenvalue weighted by Gasteiger charge is 2.25. The summed E-state index contributed by atoms with van der Waals surface area (Å²) in [5.41, 5.74) is 8.53. The molecule has 98 valence electrons. The number of nitrogens with two attached hydrogens (primary N) is 1. The van der Waals surface area contributed by atoms with Gasteiger partial charge < -0.3 is 11.1 Å². The van der Waals surface area contributed by atoms with Gasteiger partial charge in [-0.05, 0) is 45.1 Å². The molecule has 5 heteroatoms. The Bertz CT molecular complexity index is 468. The summed E-state index contributed by atoms with van der Waals surface area (Å²) in [6.45, 7) is 6.09. The van der Waals surface area contributed by atoms with Crippen LogP contribution in [0.2, 0.25) is 0 Å². The summed E-state index contributed by atoms with van der Waals surface area (Å²) in [5, 5.41) is 11.8. The average molecular weight is 264 g/mol. The van der Waals surface area contributed by atoms with Gasteiger partial charge in [-0.2, -0.15) is 5.10 Å². The summed E-state index contributed by atoms with van der Waals surface area (Å²) in [6, 6.07) is 0.392. The normalized spacial score (nSPS) is 17.1. The molecular weight excluding hydrogens is 244 g/mol. The molecule has 0 aliphatic heterocycles. The second-order valence-electron chi connectivity index (χ2n) is 5.12. The van der Waals surface area contributed by atoms with Crippen LogP contribution in [0.1, 0.15) is 43.0 Å². The van der Waals surface area contributed by atoms with Crippen molar-refractivity contribution in [2.24, 2.45) is 11.7 Å². The van der Waals surface area contributed by atoms with Gasteiger partial charge in [0.2, 0.25) is 0 Å². The van der Waals surface area contributed by atoms with Crippen molar-refractivity contribution in [3.05, 3.63) is 16.8 Å². The van der Waals surface area contributed by atoms with E-state index in [-0.39, 0.29) is 0 Å². The number of thiocarbonyl (C=S) groups is 1. The van der Waals surface area contributed by atoms with Crippen LogP contribution >= 0.6 is 12.2 Å². The van der Waals surface area contributed by atoms with Gasteiger partial charge in [0.05, 0.1) is 11.3 Å². The van der Waals surface area contributed by atoms with Gasteiger partial charge in [0.15, 0.2) is 5.82 Å². The lowest BCUT2D eigenvalue weighted by atomic mass is 9.80. The van der Waals surface area contributed by atoms with E-state index in [4.69, 9.17) is 18.0 Å². The molecule has 0 bridgehead atoms. The van der Waals surface area contributed by atoms with Gasteiger partial charge in [0.25, 0.3) is 0 Å². The standard InChI is InChI=1S/C13H20N4S/c1-7-8(2)16-17-13(11(7)12(14)18)15-9(3)10-5-4-6-10/h9-10H,4-6H2,1-3H3,(H2,14,18)(H,15,17). The Hall–Kier alpha value is -1.23. The van der Waals surface area contributed by atoms with Crippen molar-refractivity contribution >= 4 is 23.0 Å². The molecule has 2 rings (SSSR count). The van der Waals surface area contributed by atoms with E-state index in [0.717, 1.165) is 28.6 Å². The van der Waals surface area contributed by atoms with Crippen LogP contribution in [0.15, 0.2) is 0 Å². The zero-order valence-electron chi connectivity index (χ0n) is 11.2. The van der Waals surface area contributed by atoms with E-state index in [0.29, 0.717) is 11.0 Å². The summed E-state index contributed by atoms with van der Waals surface area (Å²) in [4.78, 5) is 0.383. The third-order valence-electron chi connectivity index (χ3n) is 3.92. The van der Waals surface area contributed by atoms with Crippen molar-refractivity contribution in [2.75, 3.05) is 5.32 Å². The highest BCUT2D eigenvalue weighted by molar-refractivity contribution is 7.80. The Labute approximate surface area is 113 Å². The van der Waals surface area contributed by atoms with Crippen molar-refractivity contribution in [1.29, 1.82) is 0 Å². The van der Waals surface area contributed by atoms with Gasteiger partial charge in [-0.15, -0.1) is 5.10 Å². The molecule has 1 fully saturated rings. The van der Waals surface area contributed by atoms with E-state index in [9.17, 15) is 0 Å². The maximum Gasteiger partial charge on any atom is 0.159 e. The molecule has 0 aromatic carbocycles. The van der Waals surface area contributed by atoms with Crippen LogP contribution in [0.5, 0.6) is 0 Å². The quantitative estimate of drug-likeness (QED) is 0.817. The third kappa shape index (κ3) is 2.46. The summed E-state index contributed by atoms with van der Waals surface area (Å²) < 4.78 is 0. The Morgan fingerprint density at radius 1 is 1.39 bits per heavy atom. The van der Waals surface area contributed by atoms with Gasteiger partial charge in [-0.3, -0.25) is 0 Å². The molecule has 3 N–H and O–H groups in total. The fraction of sp³-hybridized carbons (Fsp3) is 0.615. The van der Waals surface area contributed by atoms with Crippen LogP contribution in [0.3, 0.4) is 0 Å². The molecule has 0 radical (unpaired) electrons. The highest BCUT2D eigenvalue weighted by atomic mass is 32.1. The van der Waals surface area contributed by atoms with Crippen molar-refractivity contribution in [2.45, 2.75) is 46.1 Å². The van der Waals surface area contributed by atoms with E-state index in [1.165, 1.54) is 19.3 Å². The number of rotatable bonds is 4. The molecule has 1 aromatic heterocycles. The minimum absolute atomic E-state index is 0.383. The number of hydrogen-bond acceptors (Lipinski definition) is 4. The predicted molar refractivity (Wildman–Crippen MR) is 77.8 cm³/mol. The Kier molecular flexibility index (Phi) is 3.80. The maximum absolute atomic E-state index is 5.81. The Balaban J connectivity index is 2.26. The van der Waals surface area contributed by atoms with E-state index in [2.05, 4.69) is 22.4 Å². The number of nitrogens with one attached hydrogen (secondary N) is 1. The lowest BCUT2D eigenvalue weighted by Crippen LogP contribution is -2.32. The first-order valence-corrected chi connectivity index (χ1v) is 6.81. The van der Waals surface area contributed by atoms with E-state index in [1.807, 2.05) is 13.8 Å². The first-order valence-electron chi connectivity index (χ1n) is 6.41. The third-order valence-corrected chi connectivity index (χ3v) is 4.13. The fourth-order valence-corrected chi connectivity index (χ4v) is 2.53. The fourth-order valence-electron chi connectivity index (χ4n) is 2.28. The molecule has 1 aromatic rings. The zero-order chi connectivity index (χ0) is 13.3. The molecule has 4 nitrogen and oxygen atoms in total. The lowest BCUT2D eigenvalue weighted by molar-refractivity contribution is 0.284. The first-order chi connectivity index (χ1) is 8.50. The minimum Gasteiger partial charge on any atom is -0.389 e. The van der Waals surface area contributed by atoms with Crippen LogP contribution in [-0.4, -0.2) is 21.2 Å². The molecule has 0 spiro atoms. The smallest absolute Gasteiger partial charge is 0.159 e. The first kappa shape index (κ1) is 13.2. The monoisotopic (exact) mass is 264 g/mol. The van der Waals surface area contributed by atoms with Crippen molar-refractivity contribution in [3.63, 3.8) is 0 Å². The largest absolute Gasteiger partial charge is 0.389 e. The minimum atomic E-state index is 0.383. The van der Waals surface area contributed by atoms with Crippen LogP contribution in [0, 0.1) is 19.8 Å². The molecule has 1 heterocycles. The molecule has 0 amide bonds. The average Bonchev–Trinajstić information content (AvgIpc) is 2.20. The second kappa shape index (κ2) is 5.18. The highest BCUT2D eigenvalue weighted by Crippen LogP contribution is 2.31. The van der Waals surface area contributed by atoms with Crippen LogP contribution in [-0.2, 0) is 0 Å². The number of nitrogens with zero attached hydrogens (tertiary/aromatic N) is 2. The van der Waals surface area contributed by atoms with E-state index < -0.39 is 0 Å².